The van der Waals surface area contributed by atoms with E-state index < -0.39 is 10.0 Å². The number of benzene rings is 2. The average Bonchev–Trinajstić information content (AvgIpc) is 2.60. The Hall–Kier alpha value is -2.61. The zero-order valence-corrected chi connectivity index (χ0v) is 14.6. The van der Waals surface area contributed by atoms with Crippen LogP contribution in [0.2, 0.25) is 0 Å². The highest BCUT2D eigenvalue weighted by molar-refractivity contribution is 7.92. The van der Waals surface area contributed by atoms with Crippen LogP contribution in [0.25, 0.3) is 0 Å². The van der Waals surface area contributed by atoms with E-state index in [1.165, 1.54) is 46.6 Å². The van der Waals surface area contributed by atoms with Crippen molar-refractivity contribution in [2.24, 2.45) is 0 Å². The van der Waals surface area contributed by atoms with Crippen molar-refractivity contribution in [2.75, 3.05) is 33.2 Å². The highest BCUT2D eigenvalue weighted by atomic mass is 32.2. The summed E-state index contributed by atoms with van der Waals surface area (Å²) in [5.41, 5.74) is 0.331. The molecule has 2 rings (SSSR count). The number of hydrogen-bond acceptors (Lipinski definition) is 6. The average molecular weight is 353 g/mol. The molecule has 0 saturated carbocycles. The van der Waals surface area contributed by atoms with Gasteiger partial charge in [-0.1, -0.05) is 0 Å². The number of ether oxygens (including phenoxy) is 4. The van der Waals surface area contributed by atoms with Crippen molar-refractivity contribution in [3.05, 3.63) is 36.4 Å². The second-order valence-corrected chi connectivity index (χ2v) is 6.34. The lowest BCUT2D eigenvalue weighted by atomic mass is 10.3. The predicted molar refractivity (Wildman–Crippen MR) is 89.9 cm³/mol. The Morgan fingerprint density at radius 3 is 1.96 bits per heavy atom. The zero-order valence-electron chi connectivity index (χ0n) is 13.8. The van der Waals surface area contributed by atoms with Crippen molar-refractivity contribution < 1.29 is 27.4 Å². The molecule has 0 aromatic heterocycles. The van der Waals surface area contributed by atoms with Crippen molar-refractivity contribution in [2.45, 2.75) is 4.90 Å². The Balaban J connectivity index is 2.42. The largest absolute Gasteiger partial charge is 0.497 e. The van der Waals surface area contributed by atoms with Crippen LogP contribution in [0.3, 0.4) is 0 Å². The Morgan fingerprint density at radius 1 is 0.750 bits per heavy atom. The molecule has 0 amide bonds. The van der Waals surface area contributed by atoms with E-state index in [-0.39, 0.29) is 10.6 Å². The summed E-state index contributed by atoms with van der Waals surface area (Å²) in [5, 5.41) is 0. The Kier molecular flexibility index (Phi) is 5.40. The third-order valence-corrected chi connectivity index (χ3v) is 4.70. The number of sulfonamides is 1. The summed E-state index contributed by atoms with van der Waals surface area (Å²) in [6.07, 6.45) is 0. The van der Waals surface area contributed by atoms with Crippen molar-refractivity contribution in [3.8, 4) is 23.0 Å². The summed E-state index contributed by atoms with van der Waals surface area (Å²) in [6, 6.07) is 9.26. The van der Waals surface area contributed by atoms with Gasteiger partial charge in [0.05, 0.1) is 34.1 Å². The second-order valence-electron chi connectivity index (χ2n) is 4.69. The van der Waals surface area contributed by atoms with Crippen LogP contribution in [-0.2, 0) is 10.0 Å². The van der Waals surface area contributed by atoms with E-state index in [4.69, 9.17) is 18.9 Å². The molecule has 24 heavy (non-hydrogen) atoms. The van der Waals surface area contributed by atoms with Crippen LogP contribution < -0.4 is 23.7 Å². The van der Waals surface area contributed by atoms with Crippen LogP contribution in [0, 0.1) is 0 Å². The quantitative estimate of drug-likeness (QED) is 0.823. The van der Waals surface area contributed by atoms with E-state index in [2.05, 4.69) is 4.72 Å². The van der Waals surface area contributed by atoms with Crippen molar-refractivity contribution in [3.63, 3.8) is 0 Å². The highest BCUT2D eigenvalue weighted by Gasteiger charge is 2.21. The van der Waals surface area contributed by atoms with Crippen LogP contribution in [-0.4, -0.2) is 36.9 Å². The third-order valence-electron chi connectivity index (χ3n) is 3.30. The lowest BCUT2D eigenvalue weighted by Gasteiger charge is -2.14. The van der Waals surface area contributed by atoms with E-state index in [0.717, 1.165) is 0 Å². The van der Waals surface area contributed by atoms with Crippen LogP contribution in [0.1, 0.15) is 0 Å². The molecule has 0 unspecified atom stereocenters. The fourth-order valence-corrected chi connectivity index (χ4v) is 3.34. The van der Waals surface area contributed by atoms with E-state index in [1.807, 2.05) is 0 Å². The van der Waals surface area contributed by atoms with E-state index in [9.17, 15) is 8.42 Å². The minimum absolute atomic E-state index is 0.0286. The van der Waals surface area contributed by atoms with Gasteiger partial charge in [-0.15, -0.1) is 0 Å². The van der Waals surface area contributed by atoms with Gasteiger partial charge >= 0.3 is 0 Å². The molecule has 2 aromatic rings. The van der Waals surface area contributed by atoms with Crippen molar-refractivity contribution >= 4 is 15.7 Å². The molecule has 0 saturated heterocycles. The standard InChI is InChI=1S/C16H19NO6S/c1-20-12-6-8-14(22-3)16(10-12)24(18,19)17-11-5-7-13(21-2)15(9-11)23-4/h5-10,17H,1-4H3. The fraction of sp³-hybridized carbons (Fsp3) is 0.250. The summed E-state index contributed by atoms with van der Waals surface area (Å²) in [4.78, 5) is -0.0286. The molecule has 8 heteroatoms. The number of methoxy groups -OCH3 is 4. The molecule has 0 heterocycles. The van der Waals surface area contributed by atoms with Crippen LogP contribution in [0.5, 0.6) is 23.0 Å². The molecule has 0 atom stereocenters. The summed E-state index contributed by atoms with van der Waals surface area (Å²) in [5.74, 6) is 1.53. The Labute approximate surface area is 141 Å². The zero-order chi connectivity index (χ0) is 17.7. The molecular formula is C16H19NO6S. The predicted octanol–water partition coefficient (Wildman–Crippen LogP) is 2.52. The van der Waals surface area contributed by atoms with Gasteiger partial charge < -0.3 is 18.9 Å². The Bertz CT molecular complexity index is 819. The summed E-state index contributed by atoms with van der Waals surface area (Å²) in [7, 11) is 1.95. The van der Waals surface area contributed by atoms with Gasteiger partial charge in [-0.05, 0) is 24.3 Å². The topological polar surface area (TPSA) is 83.1 Å². The summed E-state index contributed by atoms with van der Waals surface area (Å²) >= 11 is 0. The van der Waals surface area contributed by atoms with Crippen LogP contribution >= 0.6 is 0 Å². The van der Waals surface area contributed by atoms with Gasteiger partial charge in [-0.2, -0.15) is 0 Å². The van der Waals surface area contributed by atoms with E-state index >= 15 is 0 Å². The molecule has 2 aromatic carbocycles. The molecule has 0 spiro atoms. The number of rotatable bonds is 7. The minimum Gasteiger partial charge on any atom is -0.497 e. The molecule has 0 aliphatic rings. The third kappa shape index (κ3) is 3.65. The van der Waals surface area contributed by atoms with E-state index in [1.54, 1.807) is 18.2 Å². The molecule has 7 nitrogen and oxygen atoms in total. The van der Waals surface area contributed by atoms with E-state index in [0.29, 0.717) is 22.9 Å². The molecule has 1 N–H and O–H groups in total. The second kappa shape index (κ2) is 7.31. The minimum atomic E-state index is -3.88. The smallest absolute Gasteiger partial charge is 0.265 e. The van der Waals surface area contributed by atoms with Crippen molar-refractivity contribution in [1.29, 1.82) is 0 Å². The SMILES string of the molecule is COc1ccc(OC)c(S(=O)(=O)Nc2ccc(OC)c(OC)c2)c1. The first-order valence-electron chi connectivity index (χ1n) is 6.92. The molecule has 0 fully saturated rings. The first kappa shape index (κ1) is 17.7. The lowest BCUT2D eigenvalue weighted by Crippen LogP contribution is -2.14. The first-order valence-corrected chi connectivity index (χ1v) is 8.40. The molecule has 130 valence electrons. The number of anilines is 1. The van der Waals surface area contributed by atoms with Gasteiger partial charge in [0.25, 0.3) is 10.0 Å². The van der Waals surface area contributed by atoms with Gasteiger partial charge in [0.1, 0.15) is 16.4 Å². The molecule has 0 aliphatic carbocycles. The number of nitrogens with one attached hydrogen (secondary N) is 1. The van der Waals surface area contributed by atoms with Gasteiger partial charge in [0, 0.05) is 12.1 Å². The normalized spacial score (nSPS) is 10.8. The summed E-state index contributed by atoms with van der Waals surface area (Å²) < 4.78 is 48.4. The van der Waals surface area contributed by atoms with Crippen LogP contribution in [0.4, 0.5) is 5.69 Å². The summed E-state index contributed by atoms with van der Waals surface area (Å²) in [6.45, 7) is 0. The molecule has 0 radical (unpaired) electrons. The van der Waals surface area contributed by atoms with Crippen LogP contribution in [0.15, 0.2) is 41.3 Å². The van der Waals surface area contributed by atoms with Gasteiger partial charge in [-0.25, -0.2) is 8.42 Å². The molecule has 0 bridgehead atoms. The monoisotopic (exact) mass is 353 g/mol. The first-order chi connectivity index (χ1) is 11.4. The number of hydrogen-bond donors (Lipinski definition) is 1. The van der Waals surface area contributed by atoms with Gasteiger partial charge in [0.15, 0.2) is 11.5 Å². The maximum Gasteiger partial charge on any atom is 0.265 e. The van der Waals surface area contributed by atoms with Gasteiger partial charge in [0.2, 0.25) is 0 Å². The molecular weight excluding hydrogens is 334 g/mol. The maximum absolute atomic E-state index is 12.7. The van der Waals surface area contributed by atoms with Crippen molar-refractivity contribution in [1.82, 2.24) is 0 Å². The maximum atomic E-state index is 12.7. The fourth-order valence-electron chi connectivity index (χ4n) is 2.10. The lowest BCUT2D eigenvalue weighted by molar-refractivity contribution is 0.355. The molecule has 0 aliphatic heterocycles. The Morgan fingerprint density at radius 2 is 1.38 bits per heavy atom. The van der Waals surface area contributed by atoms with Gasteiger partial charge in [-0.3, -0.25) is 4.72 Å². The highest BCUT2D eigenvalue weighted by Crippen LogP contribution is 2.33.